The van der Waals surface area contributed by atoms with Gasteiger partial charge in [-0.25, -0.2) is 9.97 Å². The third-order valence-corrected chi connectivity index (χ3v) is 4.94. The van der Waals surface area contributed by atoms with E-state index < -0.39 is 0 Å². The summed E-state index contributed by atoms with van der Waals surface area (Å²) in [6, 6.07) is 5.52. The van der Waals surface area contributed by atoms with E-state index in [1.165, 1.54) is 18.1 Å². The lowest BCUT2D eigenvalue weighted by molar-refractivity contribution is -0.113. The summed E-state index contributed by atoms with van der Waals surface area (Å²) in [7, 11) is 1.82. The van der Waals surface area contributed by atoms with E-state index in [1.807, 2.05) is 25.2 Å². The second-order valence-electron chi connectivity index (χ2n) is 4.96. The van der Waals surface area contributed by atoms with Crippen LogP contribution in [-0.4, -0.2) is 40.2 Å². The molecular formula is C14H11N7OS2. The molecule has 1 aromatic carbocycles. The van der Waals surface area contributed by atoms with Gasteiger partial charge in [0.2, 0.25) is 5.91 Å². The van der Waals surface area contributed by atoms with Gasteiger partial charge in [-0.3, -0.25) is 9.48 Å². The molecule has 8 nitrogen and oxygen atoms in total. The molecule has 4 rings (SSSR count). The first kappa shape index (κ1) is 15.0. The van der Waals surface area contributed by atoms with Gasteiger partial charge in [0.25, 0.3) is 0 Å². The zero-order valence-electron chi connectivity index (χ0n) is 12.5. The summed E-state index contributed by atoms with van der Waals surface area (Å²) in [6.45, 7) is 0. The first-order valence-corrected chi connectivity index (χ1v) is 8.70. The minimum Gasteiger partial charge on any atom is -0.323 e. The van der Waals surface area contributed by atoms with Crippen LogP contribution >= 0.6 is 23.5 Å². The van der Waals surface area contributed by atoms with Crippen LogP contribution < -0.4 is 5.32 Å². The van der Waals surface area contributed by atoms with E-state index in [2.05, 4.69) is 29.1 Å². The van der Waals surface area contributed by atoms with Crippen LogP contribution in [0.2, 0.25) is 0 Å². The van der Waals surface area contributed by atoms with E-state index in [0.29, 0.717) is 11.2 Å². The number of rotatable bonds is 4. The number of hydrogen-bond donors (Lipinski definition) is 1. The number of benzene rings is 1. The van der Waals surface area contributed by atoms with Crippen molar-refractivity contribution in [1.82, 2.24) is 28.5 Å². The fourth-order valence-corrected chi connectivity index (χ4v) is 3.59. The predicted octanol–water partition coefficient (Wildman–Crippen LogP) is 2.10. The topological polar surface area (TPSA) is 98.5 Å². The van der Waals surface area contributed by atoms with Crippen molar-refractivity contribution in [1.29, 1.82) is 0 Å². The molecule has 0 spiro atoms. The zero-order chi connectivity index (χ0) is 16.5. The third-order valence-electron chi connectivity index (χ3n) is 3.39. The highest BCUT2D eigenvalue weighted by Gasteiger charge is 2.12. The van der Waals surface area contributed by atoms with Gasteiger partial charge in [0.05, 0.1) is 34.8 Å². The van der Waals surface area contributed by atoms with E-state index in [4.69, 9.17) is 0 Å². The maximum absolute atomic E-state index is 12.3. The number of hydrogen-bond acceptors (Lipinski definition) is 8. The normalized spacial score (nSPS) is 11.2. The monoisotopic (exact) mass is 357 g/mol. The maximum Gasteiger partial charge on any atom is 0.234 e. The molecule has 0 saturated carbocycles. The fraction of sp³-hybridized carbons (Fsp3) is 0.143. The maximum atomic E-state index is 12.3. The third kappa shape index (κ3) is 2.69. The number of amides is 1. The number of aromatic nitrogens is 6. The summed E-state index contributed by atoms with van der Waals surface area (Å²) in [4.78, 5) is 20.7. The van der Waals surface area contributed by atoms with Crippen molar-refractivity contribution in [3.63, 3.8) is 0 Å². The van der Waals surface area contributed by atoms with Gasteiger partial charge in [0.15, 0.2) is 5.65 Å². The van der Waals surface area contributed by atoms with Crippen LogP contribution in [0.5, 0.6) is 0 Å². The number of anilines is 1. The lowest BCUT2D eigenvalue weighted by Gasteiger charge is -2.05. The lowest BCUT2D eigenvalue weighted by atomic mass is 10.2. The number of carbonyl (C=O) groups is 1. The van der Waals surface area contributed by atoms with Gasteiger partial charge in [0.1, 0.15) is 22.4 Å². The Kier molecular flexibility index (Phi) is 3.82. The first-order valence-electron chi connectivity index (χ1n) is 6.99. The number of carbonyl (C=O) groups excluding carboxylic acids is 1. The molecule has 0 saturated heterocycles. The van der Waals surface area contributed by atoms with E-state index in [0.717, 1.165) is 33.3 Å². The Morgan fingerprint density at radius 1 is 1.33 bits per heavy atom. The van der Waals surface area contributed by atoms with Crippen LogP contribution in [0.25, 0.3) is 22.1 Å². The van der Waals surface area contributed by atoms with Crippen molar-refractivity contribution >= 4 is 57.2 Å². The van der Waals surface area contributed by atoms with Crippen LogP contribution in [0.4, 0.5) is 5.69 Å². The molecule has 0 bridgehead atoms. The summed E-state index contributed by atoms with van der Waals surface area (Å²) in [5.41, 5.74) is 2.89. The zero-order valence-corrected chi connectivity index (χ0v) is 14.1. The molecule has 1 N–H and O–H groups in total. The van der Waals surface area contributed by atoms with Crippen LogP contribution in [0.1, 0.15) is 0 Å². The highest BCUT2D eigenvalue weighted by Crippen LogP contribution is 2.25. The smallest absolute Gasteiger partial charge is 0.234 e. The average molecular weight is 357 g/mol. The highest BCUT2D eigenvalue weighted by molar-refractivity contribution is 8.00. The number of nitrogens with zero attached hydrogens (tertiary/aromatic N) is 6. The van der Waals surface area contributed by atoms with Crippen molar-refractivity contribution in [2.75, 3.05) is 11.1 Å². The molecule has 0 aliphatic rings. The van der Waals surface area contributed by atoms with Crippen molar-refractivity contribution in [3.8, 4) is 0 Å². The molecular weight excluding hydrogens is 346 g/mol. The van der Waals surface area contributed by atoms with Crippen molar-refractivity contribution in [2.45, 2.75) is 5.03 Å². The molecule has 120 valence electrons. The van der Waals surface area contributed by atoms with E-state index in [1.54, 1.807) is 10.9 Å². The van der Waals surface area contributed by atoms with Gasteiger partial charge in [0, 0.05) is 7.05 Å². The Balaban J connectivity index is 1.49. The number of aryl methyl sites for hydroxylation is 1. The minimum absolute atomic E-state index is 0.129. The van der Waals surface area contributed by atoms with Crippen molar-refractivity contribution in [3.05, 3.63) is 30.7 Å². The van der Waals surface area contributed by atoms with Crippen LogP contribution in [0.15, 0.2) is 35.7 Å². The van der Waals surface area contributed by atoms with Gasteiger partial charge in [-0.15, -0.1) is 0 Å². The largest absolute Gasteiger partial charge is 0.323 e. The molecule has 0 aliphatic heterocycles. The summed E-state index contributed by atoms with van der Waals surface area (Å²) >= 11 is 2.47. The van der Waals surface area contributed by atoms with E-state index in [-0.39, 0.29) is 11.7 Å². The fourth-order valence-electron chi connectivity index (χ4n) is 2.28. The molecule has 0 aliphatic carbocycles. The van der Waals surface area contributed by atoms with Crippen molar-refractivity contribution in [2.24, 2.45) is 7.05 Å². The van der Waals surface area contributed by atoms with Crippen LogP contribution in [-0.2, 0) is 11.8 Å². The van der Waals surface area contributed by atoms with Crippen LogP contribution in [0, 0.1) is 0 Å². The SMILES string of the molecule is Cn1ncc2c(SCC(=O)Nc3cccc4nsnc34)ncnc21. The van der Waals surface area contributed by atoms with Gasteiger partial charge in [-0.1, -0.05) is 17.8 Å². The molecule has 3 heterocycles. The van der Waals surface area contributed by atoms with E-state index in [9.17, 15) is 4.79 Å². The van der Waals surface area contributed by atoms with Crippen LogP contribution in [0.3, 0.4) is 0 Å². The Hall–Kier alpha value is -2.59. The number of fused-ring (bicyclic) bond motifs is 2. The second kappa shape index (κ2) is 6.13. The Morgan fingerprint density at radius 3 is 3.17 bits per heavy atom. The molecule has 0 atom stereocenters. The Bertz CT molecular complexity index is 1040. The molecule has 0 unspecified atom stereocenters. The standard InChI is InChI=1S/C14H11N7OS2/c1-21-13-8(5-17-21)14(16-7-15-13)23-6-11(22)18-9-3-2-4-10-12(9)20-24-19-10/h2-5,7H,6H2,1H3,(H,18,22). The molecule has 3 aromatic heterocycles. The predicted molar refractivity (Wildman–Crippen MR) is 93.1 cm³/mol. The molecule has 1 amide bonds. The Morgan fingerprint density at radius 2 is 2.25 bits per heavy atom. The molecule has 0 fully saturated rings. The summed E-state index contributed by atoms with van der Waals surface area (Å²) < 4.78 is 10.1. The molecule has 0 radical (unpaired) electrons. The number of nitrogens with one attached hydrogen (secondary N) is 1. The summed E-state index contributed by atoms with van der Waals surface area (Å²) in [5.74, 6) is 0.103. The van der Waals surface area contributed by atoms with Crippen molar-refractivity contribution < 1.29 is 4.79 Å². The number of thioether (sulfide) groups is 1. The highest BCUT2D eigenvalue weighted by atomic mass is 32.2. The first-order chi connectivity index (χ1) is 11.7. The van der Waals surface area contributed by atoms with Gasteiger partial charge in [-0.05, 0) is 12.1 Å². The van der Waals surface area contributed by atoms with Gasteiger partial charge in [-0.2, -0.15) is 13.8 Å². The second-order valence-corrected chi connectivity index (χ2v) is 6.45. The summed E-state index contributed by atoms with van der Waals surface area (Å²) in [5, 5.41) is 8.61. The lowest BCUT2D eigenvalue weighted by Crippen LogP contribution is -2.14. The molecule has 24 heavy (non-hydrogen) atoms. The molecule has 4 aromatic rings. The van der Waals surface area contributed by atoms with Gasteiger partial charge < -0.3 is 5.32 Å². The van der Waals surface area contributed by atoms with Gasteiger partial charge >= 0.3 is 0 Å². The minimum atomic E-state index is -0.129. The molecule has 10 heteroatoms. The quantitative estimate of drug-likeness (QED) is 0.441. The summed E-state index contributed by atoms with van der Waals surface area (Å²) in [6.07, 6.45) is 3.18. The van der Waals surface area contributed by atoms with E-state index >= 15 is 0 Å². The Labute approximate surface area is 144 Å². The average Bonchev–Trinajstić information content (AvgIpc) is 3.21.